The molecule has 1 unspecified atom stereocenters. The van der Waals surface area contributed by atoms with E-state index in [4.69, 9.17) is 24.7 Å². The van der Waals surface area contributed by atoms with Crippen molar-refractivity contribution in [2.24, 2.45) is 0 Å². The quantitative estimate of drug-likeness (QED) is 0.0696. The van der Waals surface area contributed by atoms with Gasteiger partial charge in [-0.25, -0.2) is 4.57 Å². The lowest BCUT2D eigenvalue weighted by Gasteiger charge is -2.21. The van der Waals surface area contributed by atoms with E-state index in [0.717, 1.165) is 30.3 Å². The Morgan fingerprint density at radius 2 is 1.23 bits per heavy atom. The Balaban J connectivity index is 0. The van der Waals surface area contributed by atoms with Gasteiger partial charge in [-0.15, -0.1) is 0 Å². The predicted octanol–water partition coefficient (Wildman–Crippen LogP) is 4.56. The number of hydrogen-bond acceptors (Lipinski definition) is 6. The van der Waals surface area contributed by atoms with Crippen molar-refractivity contribution in [2.45, 2.75) is 109 Å². The third kappa shape index (κ3) is 33.5. The van der Waals surface area contributed by atoms with E-state index in [1.807, 2.05) is 0 Å². The van der Waals surface area contributed by atoms with E-state index in [-0.39, 0.29) is 19.6 Å². The third-order valence-corrected chi connectivity index (χ3v) is 6.00. The Hall–Kier alpha value is -0.540. The first-order chi connectivity index (χ1) is 16.4. The van der Waals surface area contributed by atoms with Gasteiger partial charge < -0.3 is 29.2 Å². The van der Waals surface area contributed by atoms with Crippen LogP contribution < -0.4 is 0 Å². The summed E-state index contributed by atoms with van der Waals surface area (Å²) in [7, 11) is 1.45. The molecule has 4 N–H and O–H groups in total. The highest BCUT2D eigenvalue weighted by Crippen LogP contribution is 2.37. The van der Waals surface area contributed by atoms with Crippen LogP contribution in [0, 0.1) is 0 Å². The first-order valence-electron chi connectivity index (χ1n) is 13.4. The van der Waals surface area contributed by atoms with E-state index in [9.17, 15) is 9.36 Å². The number of rotatable bonds is 22. The molecule has 0 saturated carbocycles. The molecule has 0 bridgehead atoms. The number of esters is 1. The number of phosphoric ester groups is 1. The van der Waals surface area contributed by atoms with Crippen molar-refractivity contribution in [1.29, 1.82) is 0 Å². The number of ether oxygens (including phenoxy) is 1. The lowest BCUT2D eigenvalue weighted by molar-refractivity contribution is -0.870. The number of likely N-dealkylation sites (N-methyl/N-ethyl adjacent to an activating group) is 1. The fourth-order valence-corrected chi connectivity index (χ4v) is 3.85. The topological polar surface area (TPSA) is 134 Å². The number of aliphatic hydroxyl groups is 2. The number of phosphoric acid groups is 1. The highest BCUT2D eigenvalue weighted by Gasteiger charge is 2.22. The zero-order chi connectivity index (χ0) is 27.0. The van der Waals surface area contributed by atoms with Crippen LogP contribution in [-0.4, -0.2) is 84.1 Å². The predicted molar refractivity (Wildman–Crippen MR) is 140 cm³/mol. The van der Waals surface area contributed by atoms with Crippen molar-refractivity contribution in [1.82, 2.24) is 0 Å². The van der Waals surface area contributed by atoms with Gasteiger partial charge in [-0.05, 0) is 6.42 Å². The fourth-order valence-electron chi connectivity index (χ4n) is 3.33. The maximum absolute atomic E-state index is 11.6. The van der Waals surface area contributed by atoms with E-state index in [0.29, 0.717) is 0 Å². The number of unbranched alkanes of at least 4 members (excludes halogenated alkanes) is 13. The van der Waals surface area contributed by atoms with E-state index >= 15 is 0 Å². The molecule has 35 heavy (non-hydrogen) atoms. The molecule has 212 valence electrons. The third-order valence-electron chi connectivity index (χ3n) is 5.43. The van der Waals surface area contributed by atoms with E-state index in [1.54, 1.807) is 0 Å². The smallest absolute Gasteiger partial charge is 0.463 e. The van der Waals surface area contributed by atoms with Crippen LogP contribution in [-0.2, 0) is 18.6 Å². The van der Waals surface area contributed by atoms with Gasteiger partial charge >= 0.3 is 13.8 Å². The second-order valence-electron chi connectivity index (χ2n) is 10.2. The molecule has 0 aromatic rings. The van der Waals surface area contributed by atoms with Gasteiger partial charge in [-0.2, -0.15) is 0 Å². The van der Waals surface area contributed by atoms with Crippen LogP contribution in [0.25, 0.3) is 0 Å². The molecule has 0 radical (unpaired) electrons. The van der Waals surface area contributed by atoms with Crippen molar-refractivity contribution in [2.75, 3.05) is 47.5 Å². The summed E-state index contributed by atoms with van der Waals surface area (Å²) in [5.41, 5.74) is 0. The Bertz CT molecular complexity index is 522. The number of carbonyl (C=O) groups excluding carboxylic acids is 1. The summed E-state index contributed by atoms with van der Waals surface area (Å²) >= 11 is 0. The molecule has 1 atom stereocenters. The van der Waals surface area contributed by atoms with Gasteiger partial charge in [0.2, 0.25) is 0 Å². The van der Waals surface area contributed by atoms with Crippen LogP contribution in [0.4, 0.5) is 0 Å². The molecule has 0 rings (SSSR count). The van der Waals surface area contributed by atoms with Crippen LogP contribution in [0.2, 0.25) is 0 Å². The molecule has 0 heterocycles. The largest absolute Gasteiger partial charge is 0.470 e. The van der Waals surface area contributed by atoms with E-state index < -0.39 is 26.5 Å². The Labute approximate surface area is 214 Å². The average Bonchev–Trinajstić information content (AvgIpc) is 2.75. The number of hydrogen-bond donors (Lipinski definition) is 4. The molecular weight excluding hydrogens is 473 g/mol. The normalized spacial score (nSPS) is 12.7. The van der Waals surface area contributed by atoms with Crippen molar-refractivity contribution in [3.8, 4) is 0 Å². The molecule has 0 saturated heterocycles. The minimum atomic E-state index is -4.70. The summed E-state index contributed by atoms with van der Waals surface area (Å²) in [4.78, 5) is 28.9. The number of aliphatic hydroxyl groups excluding tert-OH is 2. The van der Waals surface area contributed by atoms with E-state index in [2.05, 4.69) is 32.6 Å². The molecule has 0 aliphatic rings. The highest BCUT2D eigenvalue weighted by molar-refractivity contribution is 7.46. The first-order valence-corrected chi connectivity index (χ1v) is 14.9. The maximum atomic E-state index is 11.6. The molecule has 0 aromatic heterocycles. The van der Waals surface area contributed by atoms with Crippen molar-refractivity contribution in [3.63, 3.8) is 0 Å². The number of quaternary nitrogens is 1. The second-order valence-corrected chi connectivity index (χ2v) is 11.4. The van der Waals surface area contributed by atoms with Crippen molar-refractivity contribution < 1.29 is 43.1 Å². The minimum Gasteiger partial charge on any atom is -0.463 e. The summed E-state index contributed by atoms with van der Waals surface area (Å²) in [5, 5.41) is 17.3. The van der Waals surface area contributed by atoms with Crippen LogP contribution in [0.15, 0.2) is 0 Å². The molecule has 0 amide bonds. The lowest BCUT2D eigenvalue weighted by atomic mass is 10.0. The first kappa shape index (κ1) is 36.6. The van der Waals surface area contributed by atoms with Crippen molar-refractivity contribution in [3.05, 3.63) is 0 Å². The van der Waals surface area contributed by atoms with Gasteiger partial charge in [0, 0.05) is 6.42 Å². The van der Waals surface area contributed by atoms with Crippen LogP contribution in [0.1, 0.15) is 103 Å². The zero-order valence-electron chi connectivity index (χ0n) is 22.8. The standard InChI is InChI=1S/C20H41O7P.C5H14NO/c1-2-3-4-5-6-7-8-9-10-11-12-13-14-15-16-20(22)26-18-19(17-21)27-28(23,24)25;1-6(2,3)4-5-7/h19,21H,2-18H2,1H3,(H2,23,24,25);7H,4-5H2,1-3H3/q;+1. The summed E-state index contributed by atoms with van der Waals surface area (Å²) in [6.07, 6.45) is 16.4. The van der Waals surface area contributed by atoms with Crippen LogP contribution >= 0.6 is 7.82 Å². The van der Waals surface area contributed by atoms with Gasteiger partial charge in [0.15, 0.2) is 0 Å². The molecule has 0 aromatic carbocycles. The van der Waals surface area contributed by atoms with Gasteiger partial charge in [0.05, 0.1) is 34.4 Å². The maximum Gasteiger partial charge on any atom is 0.470 e. The average molecular weight is 529 g/mol. The highest BCUT2D eigenvalue weighted by atomic mass is 31.2. The van der Waals surface area contributed by atoms with Crippen LogP contribution in [0.5, 0.6) is 0 Å². The number of nitrogens with zero attached hydrogens (tertiary/aromatic N) is 1. The van der Waals surface area contributed by atoms with Crippen LogP contribution in [0.3, 0.4) is 0 Å². The van der Waals surface area contributed by atoms with E-state index in [1.165, 1.54) is 70.6 Å². The fraction of sp³-hybridized carbons (Fsp3) is 0.960. The minimum absolute atomic E-state index is 0.270. The van der Waals surface area contributed by atoms with Crippen molar-refractivity contribution >= 4 is 13.8 Å². The summed E-state index contributed by atoms with van der Waals surface area (Å²) in [6, 6.07) is 0. The molecule has 10 heteroatoms. The summed E-state index contributed by atoms with van der Waals surface area (Å²) in [6.45, 7) is 2.37. The molecule has 0 fully saturated rings. The van der Waals surface area contributed by atoms with Gasteiger partial charge in [-0.3, -0.25) is 9.32 Å². The summed E-state index contributed by atoms with van der Waals surface area (Å²) < 4.78 is 20.7. The molecule has 0 aliphatic carbocycles. The Morgan fingerprint density at radius 1 is 0.800 bits per heavy atom. The second kappa shape index (κ2) is 23.8. The monoisotopic (exact) mass is 528 g/mol. The Kier molecular flexibility index (Phi) is 24.9. The SMILES string of the molecule is CCCCCCCCCCCCCCCCC(=O)OCC(CO)OP(=O)(O)O.C[N+](C)(C)CCO. The van der Waals surface area contributed by atoms with Gasteiger partial charge in [0.25, 0.3) is 0 Å². The molecule has 9 nitrogen and oxygen atoms in total. The van der Waals surface area contributed by atoms with Gasteiger partial charge in [0.1, 0.15) is 19.3 Å². The molecular formula is C25H55NO8P+. The summed E-state index contributed by atoms with van der Waals surface area (Å²) in [5.74, 6) is -0.438. The molecule has 0 spiro atoms. The lowest BCUT2D eigenvalue weighted by Crippen LogP contribution is -2.36. The van der Waals surface area contributed by atoms with Gasteiger partial charge in [-0.1, -0.05) is 90.4 Å². The molecule has 0 aliphatic heterocycles. The Morgan fingerprint density at radius 3 is 1.54 bits per heavy atom. The number of carbonyl (C=O) groups is 1. The zero-order valence-corrected chi connectivity index (χ0v) is 23.7.